The molecule has 0 N–H and O–H groups in total. The average molecular weight is 327 g/mol. The van der Waals surface area contributed by atoms with Crippen LogP contribution in [-0.4, -0.2) is 4.98 Å². The zero-order chi connectivity index (χ0) is 16.6. The first-order valence-corrected chi connectivity index (χ1v) is 9.27. The molecule has 0 atom stereocenters. The minimum atomic E-state index is 0.686. The largest absolute Gasteiger partial charge is 0.455 e. The van der Waals surface area contributed by atoms with Gasteiger partial charge in [0.1, 0.15) is 11.2 Å². The van der Waals surface area contributed by atoms with Gasteiger partial charge in [-0.15, -0.1) is 0 Å². The van der Waals surface area contributed by atoms with Gasteiger partial charge in [-0.2, -0.15) is 0 Å². The molecule has 124 valence electrons. The van der Waals surface area contributed by atoms with Crippen molar-refractivity contribution in [2.75, 3.05) is 0 Å². The molecule has 0 unspecified atom stereocenters. The molecule has 2 nitrogen and oxygen atoms in total. The first-order chi connectivity index (χ1) is 12.4. The first-order valence-electron chi connectivity index (χ1n) is 9.27. The molecule has 0 radical (unpaired) electrons. The second-order valence-electron chi connectivity index (χ2n) is 7.09. The highest BCUT2D eigenvalue weighted by Gasteiger charge is 2.17. The van der Waals surface area contributed by atoms with Crippen LogP contribution in [0.15, 0.2) is 65.2 Å². The summed E-state index contributed by atoms with van der Waals surface area (Å²) in [7, 11) is 0. The third-order valence-corrected chi connectivity index (χ3v) is 5.54. The Morgan fingerprint density at radius 3 is 2.60 bits per heavy atom. The Labute approximate surface area is 147 Å². The van der Waals surface area contributed by atoms with Gasteiger partial charge < -0.3 is 4.42 Å². The standard InChI is InChI=1S/C23H21NO/c1-2-7-16(8-3-1)17-13-14-24-21(15-17)20-11-6-10-19-18-9-4-5-12-22(18)25-23(19)20/h4-6,9-16H,1-3,7-8H2. The van der Waals surface area contributed by atoms with Crippen LogP contribution < -0.4 is 0 Å². The fourth-order valence-electron chi connectivity index (χ4n) is 4.23. The number of aromatic nitrogens is 1. The van der Waals surface area contributed by atoms with E-state index in [-0.39, 0.29) is 0 Å². The number of nitrogens with zero attached hydrogens (tertiary/aromatic N) is 1. The van der Waals surface area contributed by atoms with Crippen LogP contribution in [0.1, 0.15) is 43.6 Å². The van der Waals surface area contributed by atoms with Crippen molar-refractivity contribution in [3.8, 4) is 11.3 Å². The number of furan rings is 1. The number of para-hydroxylation sites is 2. The summed E-state index contributed by atoms with van der Waals surface area (Å²) in [5, 5.41) is 2.33. The van der Waals surface area contributed by atoms with Crippen molar-refractivity contribution in [1.82, 2.24) is 4.98 Å². The van der Waals surface area contributed by atoms with Crippen LogP contribution in [0.3, 0.4) is 0 Å². The maximum Gasteiger partial charge on any atom is 0.144 e. The quantitative estimate of drug-likeness (QED) is 0.409. The molecular formula is C23H21NO. The van der Waals surface area contributed by atoms with E-state index in [9.17, 15) is 0 Å². The van der Waals surface area contributed by atoms with Gasteiger partial charge in [0.2, 0.25) is 0 Å². The van der Waals surface area contributed by atoms with Crippen LogP contribution in [-0.2, 0) is 0 Å². The molecule has 2 heterocycles. The van der Waals surface area contributed by atoms with Crippen molar-refractivity contribution in [3.05, 3.63) is 66.4 Å². The molecule has 0 aliphatic heterocycles. The van der Waals surface area contributed by atoms with Crippen LogP contribution >= 0.6 is 0 Å². The Kier molecular flexibility index (Phi) is 3.55. The number of benzene rings is 2. The molecule has 1 saturated carbocycles. The second kappa shape index (κ2) is 6.03. The summed E-state index contributed by atoms with van der Waals surface area (Å²) in [6.07, 6.45) is 8.65. The number of hydrogen-bond acceptors (Lipinski definition) is 2. The Hall–Kier alpha value is -2.61. The SMILES string of the molecule is c1ccc2c(c1)oc1c(-c3cc(C4CCCCC4)ccn3)cccc12. The van der Waals surface area contributed by atoms with E-state index in [1.165, 1.54) is 43.1 Å². The van der Waals surface area contributed by atoms with E-state index in [1.54, 1.807) is 0 Å². The third kappa shape index (κ3) is 2.53. The van der Waals surface area contributed by atoms with Crippen molar-refractivity contribution in [2.24, 2.45) is 0 Å². The average Bonchev–Trinajstić information content (AvgIpc) is 3.07. The van der Waals surface area contributed by atoms with Gasteiger partial charge in [0.25, 0.3) is 0 Å². The van der Waals surface area contributed by atoms with Gasteiger partial charge in [-0.1, -0.05) is 49.6 Å². The van der Waals surface area contributed by atoms with Crippen LogP contribution in [0, 0.1) is 0 Å². The third-order valence-electron chi connectivity index (χ3n) is 5.54. The maximum atomic E-state index is 6.18. The van der Waals surface area contributed by atoms with Crippen LogP contribution in [0.2, 0.25) is 0 Å². The maximum absolute atomic E-state index is 6.18. The van der Waals surface area contributed by atoms with Gasteiger partial charge in [-0.05, 0) is 48.6 Å². The zero-order valence-corrected chi connectivity index (χ0v) is 14.2. The fourth-order valence-corrected chi connectivity index (χ4v) is 4.23. The molecule has 5 rings (SSSR count). The van der Waals surface area contributed by atoms with Crippen LogP contribution in [0.5, 0.6) is 0 Å². The number of pyridine rings is 1. The Bertz CT molecular complexity index is 1040. The van der Waals surface area contributed by atoms with E-state index in [0.29, 0.717) is 5.92 Å². The highest BCUT2D eigenvalue weighted by molar-refractivity contribution is 6.09. The molecular weight excluding hydrogens is 306 g/mol. The van der Waals surface area contributed by atoms with Gasteiger partial charge in [-0.25, -0.2) is 0 Å². The number of fused-ring (bicyclic) bond motifs is 3. The molecule has 2 aromatic carbocycles. The van der Waals surface area contributed by atoms with Gasteiger partial charge in [0.15, 0.2) is 0 Å². The van der Waals surface area contributed by atoms with E-state index in [0.717, 1.165) is 27.8 Å². The number of rotatable bonds is 2. The molecule has 1 aliphatic rings. The van der Waals surface area contributed by atoms with E-state index in [4.69, 9.17) is 4.42 Å². The molecule has 4 aromatic rings. The lowest BCUT2D eigenvalue weighted by Gasteiger charge is -2.22. The van der Waals surface area contributed by atoms with Gasteiger partial charge in [-0.3, -0.25) is 4.98 Å². The normalized spacial score (nSPS) is 15.8. The van der Waals surface area contributed by atoms with E-state index in [2.05, 4.69) is 47.4 Å². The molecule has 1 fully saturated rings. The Morgan fingerprint density at radius 2 is 1.68 bits per heavy atom. The lowest BCUT2D eigenvalue weighted by atomic mass is 9.84. The van der Waals surface area contributed by atoms with Crippen LogP contribution in [0.25, 0.3) is 33.2 Å². The molecule has 1 aliphatic carbocycles. The summed E-state index contributed by atoms with van der Waals surface area (Å²) in [6.45, 7) is 0. The van der Waals surface area contributed by atoms with Crippen molar-refractivity contribution in [3.63, 3.8) is 0 Å². The monoisotopic (exact) mass is 327 g/mol. The Morgan fingerprint density at radius 1 is 0.840 bits per heavy atom. The first kappa shape index (κ1) is 14.7. The molecule has 0 bridgehead atoms. The lowest BCUT2D eigenvalue weighted by Crippen LogP contribution is -2.04. The van der Waals surface area contributed by atoms with Gasteiger partial charge in [0.05, 0.1) is 5.69 Å². The van der Waals surface area contributed by atoms with E-state index < -0.39 is 0 Å². The minimum absolute atomic E-state index is 0.686. The molecule has 0 saturated heterocycles. The summed E-state index contributed by atoms with van der Waals surface area (Å²) in [6, 6.07) is 19.1. The predicted octanol–water partition coefficient (Wildman–Crippen LogP) is 6.70. The smallest absolute Gasteiger partial charge is 0.144 e. The Balaban J connectivity index is 1.65. The van der Waals surface area contributed by atoms with Gasteiger partial charge >= 0.3 is 0 Å². The summed E-state index contributed by atoms with van der Waals surface area (Å²) >= 11 is 0. The number of hydrogen-bond donors (Lipinski definition) is 0. The molecule has 25 heavy (non-hydrogen) atoms. The van der Waals surface area contributed by atoms with Crippen molar-refractivity contribution in [1.29, 1.82) is 0 Å². The van der Waals surface area contributed by atoms with Gasteiger partial charge in [0, 0.05) is 22.5 Å². The van der Waals surface area contributed by atoms with E-state index >= 15 is 0 Å². The zero-order valence-electron chi connectivity index (χ0n) is 14.2. The van der Waals surface area contributed by atoms with Crippen LogP contribution in [0.4, 0.5) is 0 Å². The van der Waals surface area contributed by atoms with E-state index in [1.807, 2.05) is 18.3 Å². The lowest BCUT2D eigenvalue weighted by molar-refractivity contribution is 0.443. The second-order valence-corrected chi connectivity index (χ2v) is 7.09. The minimum Gasteiger partial charge on any atom is -0.455 e. The summed E-state index contributed by atoms with van der Waals surface area (Å²) in [4.78, 5) is 4.66. The molecule has 2 aromatic heterocycles. The van der Waals surface area contributed by atoms with Crippen molar-refractivity contribution in [2.45, 2.75) is 38.0 Å². The fraction of sp³-hybridized carbons (Fsp3) is 0.261. The van der Waals surface area contributed by atoms with Crippen molar-refractivity contribution < 1.29 is 4.42 Å². The van der Waals surface area contributed by atoms with Crippen molar-refractivity contribution >= 4 is 21.9 Å². The highest BCUT2D eigenvalue weighted by atomic mass is 16.3. The molecule has 2 heteroatoms. The summed E-state index contributed by atoms with van der Waals surface area (Å²) in [5.41, 5.74) is 5.42. The summed E-state index contributed by atoms with van der Waals surface area (Å²) in [5.74, 6) is 0.686. The molecule has 0 spiro atoms. The molecule has 0 amide bonds. The summed E-state index contributed by atoms with van der Waals surface area (Å²) < 4.78 is 6.18. The highest BCUT2D eigenvalue weighted by Crippen LogP contribution is 2.37. The predicted molar refractivity (Wildman–Crippen MR) is 103 cm³/mol. The topological polar surface area (TPSA) is 26.0 Å².